The van der Waals surface area contributed by atoms with Crippen molar-refractivity contribution >= 4 is 5.78 Å². The van der Waals surface area contributed by atoms with Gasteiger partial charge in [0.1, 0.15) is 0 Å². The summed E-state index contributed by atoms with van der Waals surface area (Å²) in [4.78, 5) is 15.4. The first-order valence-corrected chi connectivity index (χ1v) is 8.50. The summed E-state index contributed by atoms with van der Waals surface area (Å²) in [5.74, 6) is 1.20. The minimum atomic E-state index is -0.244. The fourth-order valence-electron chi connectivity index (χ4n) is 4.42. The van der Waals surface area contributed by atoms with Crippen LogP contribution in [0.5, 0.6) is 0 Å². The van der Waals surface area contributed by atoms with Gasteiger partial charge < -0.3 is 0 Å². The molecule has 21 heavy (non-hydrogen) atoms. The summed E-state index contributed by atoms with van der Waals surface area (Å²) in [5.41, 5.74) is 0.590. The minimum absolute atomic E-state index is 0.0695. The number of hydrogen-bond donors (Lipinski definition) is 0. The molecule has 1 unspecified atom stereocenters. The average molecular weight is 293 g/mol. The number of carbonyl (C=O) groups excluding carboxylic acids is 1. The Bertz CT molecular complexity index is 432. The molecule has 2 heteroatoms. The number of Topliss-reactive ketones (excluding diaryl/α,β-unsaturated/α-hetero) is 1. The molecule has 3 atom stereocenters. The van der Waals surface area contributed by atoms with Crippen molar-refractivity contribution in [2.45, 2.75) is 86.7 Å². The first-order chi connectivity index (χ1) is 9.18. The van der Waals surface area contributed by atoms with E-state index in [0.717, 1.165) is 18.9 Å². The summed E-state index contributed by atoms with van der Waals surface area (Å²) in [6, 6.07) is 0.109. The highest BCUT2D eigenvalue weighted by Crippen LogP contribution is 2.67. The maximum atomic E-state index is 13.0. The van der Waals surface area contributed by atoms with E-state index in [2.05, 4.69) is 67.2 Å². The van der Waals surface area contributed by atoms with Gasteiger partial charge in [0.25, 0.3) is 0 Å². The number of ketones is 1. The van der Waals surface area contributed by atoms with Gasteiger partial charge in [0, 0.05) is 17.5 Å². The van der Waals surface area contributed by atoms with Crippen LogP contribution in [0.15, 0.2) is 0 Å². The van der Waals surface area contributed by atoms with Crippen molar-refractivity contribution in [3.05, 3.63) is 0 Å². The van der Waals surface area contributed by atoms with Gasteiger partial charge in [0.05, 0.1) is 6.04 Å². The van der Waals surface area contributed by atoms with Gasteiger partial charge in [-0.25, -0.2) is 0 Å². The predicted molar refractivity (Wildman–Crippen MR) is 89.3 cm³/mol. The van der Waals surface area contributed by atoms with Crippen LogP contribution in [-0.2, 0) is 4.79 Å². The Morgan fingerprint density at radius 2 is 1.48 bits per heavy atom. The molecule has 1 spiro atoms. The van der Waals surface area contributed by atoms with E-state index >= 15 is 0 Å². The lowest BCUT2D eigenvalue weighted by molar-refractivity contribution is -0.132. The predicted octanol–water partition coefficient (Wildman–Crippen LogP) is 4.53. The molecule has 2 rings (SSSR count). The lowest BCUT2D eigenvalue weighted by Gasteiger charge is -2.38. The molecule has 0 amide bonds. The summed E-state index contributed by atoms with van der Waals surface area (Å²) in [7, 11) is 0. The van der Waals surface area contributed by atoms with Gasteiger partial charge in [-0.3, -0.25) is 9.69 Å². The molecule has 1 aliphatic carbocycles. The van der Waals surface area contributed by atoms with Crippen LogP contribution in [0.4, 0.5) is 0 Å². The summed E-state index contributed by atoms with van der Waals surface area (Å²) >= 11 is 0. The largest absolute Gasteiger partial charge is 0.297 e. The van der Waals surface area contributed by atoms with Crippen LogP contribution in [0.25, 0.3) is 0 Å². The fraction of sp³-hybridized carbons (Fsp3) is 0.947. The van der Waals surface area contributed by atoms with E-state index in [1.54, 1.807) is 0 Å². The van der Waals surface area contributed by atoms with Crippen LogP contribution in [0.1, 0.15) is 75.2 Å². The van der Waals surface area contributed by atoms with Crippen molar-refractivity contribution in [2.24, 2.45) is 22.2 Å². The Hall–Kier alpha value is -0.370. The maximum absolute atomic E-state index is 13.0. The summed E-state index contributed by atoms with van der Waals surface area (Å²) < 4.78 is 0. The number of hydrogen-bond acceptors (Lipinski definition) is 2. The highest BCUT2D eigenvalue weighted by molar-refractivity contribution is 5.89. The third-order valence-corrected chi connectivity index (χ3v) is 5.60. The molecule has 1 aliphatic heterocycles. The molecule has 1 saturated heterocycles. The molecule has 0 N–H and O–H groups in total. The van der Waals surface area contributed by atoms with Crippen molar-refractivity contribution < 1.29 is 4.79 Å². The van der Waals surface area contributed by atoms with Crippen molar-refractivity contribution in [1.29, 1.82) is 0 Å². The summed E-state index contributed by atoms with van der Waals surface area (Å²) in [5, 5.41) is 0. The molecule has 1 saturated carbocycles. The van der Waals surface area contributed by atoms with E-state index in [1.165, 1.54) is 6.42 Å². The summed E-state index contributed by atoms with van der Waals surface area (Å²) in [6.07, 6.45) is 2.37. The zero-order chi connectivity index (χ0) is 16.4. The second-order valence-electron chi connectivity index (χ2n) is 10.6. The maximum Gasteiger partial charge on any atom is 0.155 e. The first-order valence-electron chi connectivity index (χ1n) is 8.50. The minimum Gasteiger partial charge on any atom is -0.297 e. The molecule has 2 aliphatic rings. The van der Waals surface area contributed by atoms with Crippen molar-refractivity contribution in [3.8, 4) is 0 Å². The molecule has 0 bridgehead atoms. The molecule has 0 radical (unpaired) electrons. The second-order valence-corrected chi connectivity index (χ2v) is 10.6. The third kappa shape index (κ3) is 3.06. The number of likely N-dealkylation sites (tertiary alicyclic amines) is 1. The second kappa shape index (κ2) is 4.57. The van der Waals surface area contributed by atoms with Crippen LogP contribution in [0.2, 0.25) is 0 Å². The van der Waals surface area contributed by atoms with Gasteiger partial charge in [-0.15, -0.1) is 0 Å². The van der Waals surface area contributed by atoms with Crippen LogP contribution in [-0.4, -0.2) is 28.8 Å². The zero-order valence-corrected chi connectivity index (χ0v) is 15.6. The lowest BCUT2D eigenvalue weighted by Crippen LogP contribution is -2.50. The molecular weight excluding hydrogens is 258 g/mol. The molecule has 0 aromatic rings. The van der Waals surface area contributed by atoms with E-state index in [4.69, 9.17) is 0 Å². The molecule has 122 valence electrons. The monoisotopic (exact) mass is 293 g/mol. The van der Waals surface area contributed by atoms with E-state index in [0.29, 0.717) is 16.6 Å². The molecule has 0 aromatic carbocycles. The van der Waals surface area contributed by atoms with Gasteiger partial charge in [-0.1, -0.05) is 41.5 Å². The Balaban J connectivity index is 2.27. The normalized spacial score (nSPS) is 34.5. The molecule has 0 aromatic heterocycles. The van der Waals surface area contributed by atoms with Gasteiger partial charge in [0.15, 0.2) is 5.78 Å². The van der Waals surface area contributed by atoms with E-state index in [1.807, 2.05) is 0 Å². The van der Waals surface area contributed by atoms with Gasteiger partial charge in [-0.2, -0.15) is 0 Å². The van der Waals surface area contributed by atoms with Gasteiger partial charge in [0.2, 0.25) is 0 Å². The Morgan fingerprint density at radius 3 is 1.81 bits per heavy atom. The van der Waals surface area contributed by atoms with Crippen LogP contribution < -0.4 is 0 Å². The third-order valence-electron chi connectivity index (χ3n) is 5.60. The highest BCUT2D eigenvalue weighted by atomic mass is 16.1. The van der Waals surface area contributed by atoms with Crippen LogP contribution in [0, 0.1) is 22.2 Å². The molecule has 1 heterocycles. The zero-order valence-electron chi connectivity index (χ0n) is 15.6. The smallest absolute Gasteiger partial charge is 0.155 e. The van der Waals surface area contributed by atoms with Crippen molar-refractivity contribution in [3.63, 3.8) is 0 Å². The van der Waals surface area contributed by atoms with Crippen molar-refractivity contribution in [1.82, 2.24) is 4.90 Å². The van der Waals surface area contributed by atoms with Crippen molar-refractivity contribution in [2.75, 3.05) is 6.54 Å². The highest BCUT2D eigenvalue weighted by Gasteiger charge is 2.65. The average Bonchev–Trinajstić information content (AvgIpc) is 2.78. The molecule has 2 fully saturated rings. The quantitative estimate of drug-likeness (QED) is 0.708. The topological polar surface area (TPSA) is 20.3 Å². The fourth-order valence-corrected chi connectivity index (χ4v) is 4.42. The van der Waals surface area contributed by atoms with Crippen LogP contribution in [0.3, 0.4) is 0 Å². The number of carbonyl (C=O) groups is 1. The Labute approximate surface area is 131 Å². The number of nitrogens with zero attached hydrogens (tertiary/aromatic N) is 1. The van der Waals surface area contributed by atoms with Gasteiger partial charge >= 0.3 is 0 Å². The SMILES string of the molecule is CC(C)(C)C(=O)[C@@H]1C[C@]2(CC2C(C)(C)C)CN1C(C)(C)C. The lowest BCUT2D eigenvalue weighted by atomic mass is 9.81. The summed E-state index contributed by atoms with van der Waals surface area (Å²) in [6.45, 7) is 21.1. The molecule has 2 nitrogen and oxygen atoms in total. The van der Waals surface area contributed by atoms with E-state index < -0.39 is 0 Å². The number of rotatable bonds is 1. The molecular formula is C19H35NO. The Kier molecular flexibility index (Phi) is 3.69. The standard InChI is InChI=1S/C19H35NO/c1-16(2,3)14-11-19(14)10-13(15(21)17(4,5)6)20(12-19)18(7,8)9/h13-14H,10-12H2,1-9H3/t13-,14?,19-/m0/s1. The van der Waals surface area contributed by atoms with E-state index in [-0.39, 0.29) is 17.0 Å². The first kappa shape index (κ1) is 17.0. The Morgan fingerprint density at radius 1 is 0.952 bits per heavy atom. The van der Waals surface area contributed by atoms with Gasteiger partial charge in [-0.05, 0) is 50.4 Å². The van der Waals surface area contributed by atoms with E-state index in [9.17, 15) is 4.79 Å². The van der Waals surface area contributed by atoms with Crippen LogP contribution >= 0.6 is 0 Å².